The van der Waals surface area contributed by atoms with Crippen molar-refractivity contribution in [1.29, 1.82) is 0 Å². The summed E-state index contributed by atoms with van der Waals surface area (Å²) in [6.45, 7) is 4.57. The minimum Gasteiger partial charge on any atom is -0.497 e. The number of carbonyl (C=O) groups excluding carboxylic acids is 1. The molecule has 2 fully saturated rings. The molecular formula is C21H32N2O3. The predicted octanol–water partition coefficient (Wildman–Crippen LogP) is 3.63. The molecule has 2 atom stereocenters. The molecule has 0 aromatic heterocycles. The fraction of sp³-hybridized carbons (Fsp3) is 0.667. The van der Waals surface area contributed by atoms with Gasteiger partial charge in [0.1, 0.15) is 11.5 Å². The van der Waals surface area contributed by atoms with Crippen LogP contribution in [0.4, 0.5) is 0 Å². The Balaban J connectivity index is 1.75. The SMILES string of the molecule is CC[C@H]1CCCCN1C(=O)CN1CCC[C@@H]1c1cc(OC)ccc1OC. The van der Waals surface area contributed by atoms with Crippen molar-refractivity contribution in [3.63, 3.8) is 0 Å². The molecular weight excluding hydrogens is 328 g/mol. The van der Waals surface area contributed by atoms with E-state index < -0.39 is 0 Å². The second-order valence-corrected chi connectivity index (χ2v) is 7.38. The molecule has 1 aromatic rings. The van der Waals surface area contributed by atoms with Crippen molar-refractivity contribution in [3.05, 3.63) is 23.8 Å². The number of hydrogen-bond donors (Lipinski definition) is 0. The zero-order chi connectivity index (χ0) is 18.5. The van der Waals surface area contributed by atoms with E-state index >= 15 is 0 Å². The van der Waals surface area contributed by atoms with Gasteiger partial charge in [0.25, 0.3) is 0 Å². The number of nitrogens with zero attached hydrogens (tertiary/aromatic N) is 2. The number of likely N-dealkylation sites (tertiary alicyclic amines) is 2. The van der Waals surface area contributed by atoms with Gasteiger partial charge in [-0.1, -0.05) is 6.92 Å². The summed E-state index contributed by atoms with van der Waals surface area (Å²) in [7, 11) is 3.39. The lowest BCUT2D eigenvalue weighted by Gasteiger charge is -2.37. The first-order valence-corrected chi connectivity index (χ1v) is 9.93. The van der Waals surface area contributed by atoms with Crippen LogP contribution >= 0.6 is 0 Å². The van der Waals surface area contributed by atoms with E-state index in [9.17, 15) is 4.79 Å². The predicted molar refractivity (Wildman–Crippen MR) is 103 cm³/mol. The average Bonchev–Trinajstić information content (AvgIpc) is 3.15. The van der Waals surface area contributed by atoms with Crippen LogP contribution in [0.2, 0.25) is 0 Å². The van der Waals surface area contributed by atoms with E-state index in [1.807, 2.05) is 12.1 Å². The number of amides is 1. The summed E-state index contributed by atoms with van der Waals surface area (Å²) in [5.74, 6) is 1.99. The molecule has 5 heteroatoms. The number of piperidine rings is 1. The summed E-state index contributed by atoms with van der Waals surface area (Å²) in [5, 5.41) is 0. The summed E-state index contributed by atoms with van der Waals surface area (Å²) >= 11 is 0. The highest BCUT2D eigenvalue weighted by atomic mass is 16.5. The van der Waals surface area contributed by atoms with Crippen molar-refractivity contribution >= 4 is 5.91 Å². The van der Waals surface area contributed by atoms with Crippen LogP contribution in [0.1, 0.15) is 57.1 Å². The molecule has 0 unspecified atom stereocenters. The van der Waals surface area contributed by atoms with Gasteiger partial charge in [-0.2, -0.15) is 0 Å². The minimum absolute atomic E-state index is 0.217. The first-order chi connectivity index (χ1) is 12.7. The molecule has 26 heavy (non-hydrogen) atoms. The molecule has 144 valence electrons. The minimum atomic E-state index is 0.217. The van der Waals surface area contributed by atoms with E-state index in [-0.39, 0.29) is 11.9 Å². The largest absolute Gasteiger partial charge is 0.497 e. The summed E-state index contributed by atoms with van der Waals surface area (Å²) in [5.41, 5.74) is 1.13. The molecule has 2 aliphatic rings. The molecule has 3 rings (SSSR count). The van der Waals surface area contributed by atoms with Gasteiger partial charge in [0.15, 0.2) is 0 Å². The standard InChI is InChI=1S/C21H32N2O3/c1-4-16-8-5-6-13-23(16)21(24)15-22-12-7-9-19(22)18-14-17(25-2)10-11-20(18)26-3/h10-11,14,16,19H,4-9,12-13,15H2,1-3H3/t16-,19+/m0/s1. The van der Waals surface area contributed by atoms with Gasteiger partial charge in [-0.25, -0.2) is 0 Å². The number of rotatable bonds is 6. The number of benzene rings is 1. The van der Waals surface area contributed by atoms with E-state index in [0.29, 0.717) is 12.6 Å². The molecule has 2 aliphatic heterocycles. The Hall–Kier alpha value is -1.75. The van der Waals surface area contributed by atoms with Crippen molar-refractivity contribution in [1.82, 2.24) is 9.80 Å². The quantitative estimate of drug-likeness (QED) is 0.777. The number of methoxy groups -OCH3 is 2. The van der Waals surface area contributed by atoms with Crippen molar-refractivity contribution in [2.75, 3.05) is 33.9 Å². The molecule has 0 bridgehead atoms. The van der Waals surface area contributed by atoms with Crippen LogP contribution in [-0.2, 0) is 4.79 Å². The second-order valence-electron chi connectivity index (χ2n) is 7.38. The monoisotopic (exact) mass is 360 g/mol. The van der Waals surface area contributed by atoms with E-state index in [1.165, 1.54) is 6.42 Å². The number of ether oxygens (including phenoxy) is 2. The fourth-order valence-corrected chi connectivity index (χ4v) is 4.49. The molecule has 2 heterocycles. The molecule has 5 nitrogen and oxygen atoms in total. The fourth-order valence-electron chi connectivity index (χ4n) is 4.49. The zero-order valence-electron chi connectivity index (χ0n) is 16.4. The highest BCUT2D eigenvalue weighted by Gasteiger charge is 2.33. The van der Waals surface area contributed by atoms with E-state index in [4.69, 9.17) is 9.47 Å². The Morgan fingerprint density at radius 3 is 2.69 bits per heavy atom. The van der Waals surface area contributed by atoms with Crippen molar-refractivity contribution < 1.29 is 14.3 Å². The summed E-state index contributed by atoms with van der Waals surface area (Å²) in [6, 6.07) is 6.58. The molecule has 2 saturated heterocycles. The van der Waals surface area contributed by atoms with Crippen LogP contribution in [0.3, 0.4) is 0 Å². The molecule has 0 spiro atoms. The first-order valence-electron chi connectivity index (χ1n) is 9.93. The molecule has 0 aliphatic carbocycles. The van der Waals surface area contributed by atoms with Gasteiger partial charge in [0.2, 0.25) is 5.91 Å². The Bertz CT molecular complexity index is 619. The van der Waals surface area contributed by atoms with Gasteiger partial charge < -0.3 is 14.4 Å². The highest BCUT2D eigenvalue weighted by Crippen LogP contribution is 2.38. The molecule has 1 amide bonds. The molecule has 1 aromatic carbocycles. The van der Waals surface area contributed by atoms with Crippen LogP contribution in [0.5, 0.6) is 11.5 Å². The van der Waals surface area contributed by atoms with Gasteiger partial charge in [-0.3, -0.25) is 9.69 Å². The van der Waals surface area contributed by atoms with Crippen LogP contribution in [0, 0.1) is 0 Å². The van der Waals surface area contributed by atoms with E-state index in [1.54, 1.807) is 14.2 Å². The van der Waals surface area contributed by atoms with Gasteiger partial charge in [-0.15, -0.1) is 0 Å². The molecule has 0 saturated carbocycles. The van der Waals surface area contributed by atoms with Crippen molar-refractivity contribution in [2.24, 2.45) is 0 Å². The average molecular weight is 360 g/mol. The third kappa shape index (κ3) is 3.98. The van der Waals surface area contributed by atoms with Crippen molar-refractivity contribution in [2.45, 2.75) is 57.5 Å². The third-order valence-electron chi connectivity index (χ3n) is 5.92. The van der Waals surface area contributed by atoms with Crippen LogP contribution in [0.25, 0.3) is 0 Å². The Labute approximate surface area is 157 Å². The van der Waals surface area contributed by atoms with Gasteiger partial charge in [0.05, 0.1) is 20.8 Å². The van der Waals surface area contributed by atoms with Crippen LogP contribution in [-0.4, -0.2) is 55.6 Å². The normalized spacial score (nSPS) is 23.9. The maximum atomic E-state index is 13.0. The highest BCUT2D eigenvalue weighted by molar-refractivity contribution is 5.78. The molecule has 0 N–H and O–H groups in total. The Kier molecular flexibility index (Phi) is 6.41. The Morgan fingerprint density at radius 1 is 1.12 bits per heavy atom. The number of carbonyl (C=O) groups is 1. The second kappa shape index (κ2) is 8.76. The van der Waals surface area contributed by atoms with E-state index in [0.717, 1.165) is 62.3 Å². The van der Waals surface area contributed by atoms with Crippen molar-refractivity contribution in [3.8, 4) is 11.5 Å². The molecule has 0 radical (unpaired) electrons. The van der Waals surface area contributed by atoms with Crippen LogP contribution < -0.4 is 9.47 Å². The van der Waals surface area contributed by atoms with Gasteiger partial charge >= 0.3 is 0 Å². The maximum absolute atomic E-state index is 13.0. The lowest BCUT2D eigenvalue weighted by Crippen LogP contribution is -2.47. The lowest BCUT2D eigenvalue weighted by molar-refractivity contribution is -0.136. The summed E-state index contributed by atoms with van der Waals surface area (Å²) < 4.78 is 11.0. The smallest absolute Gasteiger partial charge is 0.237 e. The van der Waals surface area contributed by atoms with Crippen LogP contribution in [0.15, 0.2) is 18.2 Å². The van der Waals surface area contributed by atoms with Gasteiger partial charge in [0, 0.05) is 24.2 Å². The summed E-state index contributed by atoms with van der Waals surface area (Å²) in [4.78, 5) is 17.5. The Morgan fingerprint density at radius 2 is 1.96 bits per heavy atom. The summed E-state index contributed by atoms with van der Waals surface area (Å²) in [6.07, 6.45) is 6.74. The zero-order valence-corrected chi connectivity index (χ0v) is 16.4. The third-order valence-corrected chi connectivity index (χ3v) is 5.92. The lowest BCUT2D eigenvalue weighted by atomic mass is 9.99. The van der Waals surface area contributed by atoms with E-state index in [2.05, 4.69) is 22.8 Å². The number of hydrogen-bond acceptors (Lipinski definition) is 4. The topological polar surface area (TPSA) is 42.0 Å². The van der Waals surface area contributed by atoms with Gasteiger partial charge in [-0.05, 0) is 63.3 Å². The first kappa shape index (κ1) is 19.0. The maximum Gasteiger partial charge on any atom is 0.237 e.